The Morgan fingerprint density at radius 3 is 2.68 bits per heavy atom. The van der Waals surface area contributed by atoms with Gasteiger partial charge in [-0.3, -0.25) is 9.59 Å². The average molecular weight is 385 g/mol. The largest absolute Gasteiger partial charge is 0.465 e. The monoisotopic (exact) mass is 384 g/mol. The van der Waals surface area contributed by atoms with Crippen molar-refractivity contribution < 1.29 is 14.3 Å². The lowest BCUT2D eigenvalue weighted by Crippen LogP contribution is -2.38. The Morgan fingerprint density at radius 2 is 2.04 bits per heavy atom. The van der Waals surface area contributed by atoms with Crippen molar-refractivity contribution in [2.24, 2.45) is 11.8 Å². The van der Waals surface area contributed by atoms with E-state index >= 15 is 0 Å². The quantitative estimate of drug-likeness (QED) is 0.533. The van der Waals surface area contributed by atoms with Gasteiger partial charge in [0.15, 0.2) is 0 Å². The normalized spacial score (nSPS) is 29.8. The zero-order valence-electron chi connectivity index (χ0n) is 15.0. The number of thioether (sulfide) groups is 2. The van der Waals surface area contributed by atoms with Crippen molar-refractivity contribution in [1.82, 2.24) is 5.32 Å². The number of nitrogens with zero attached hydrogens (tertiary/aromatic N) is 1. The van der Waals surface area contributed by atoms with Crippen molar-refractivity contribution in [2.45, 2.75) is 74.7 Å². The van der Waals surface area contributed by atoms with E-state index in [1.807, 2.05) is 6.92 Å². The molecule has 4 atom stereocenters. The van der Waals surface area contributed by atoms with Crippen molar-refractivity contribution >= 4 is 35.4 Å². The summed E-state index contributed by atoms with van der Waals surface area (Å²) < 4.78 is 5.14. The van der Waals surface area contributed by atoms with Gasteiger partial charge in [0.2, 0.25) is 5.91 Å². The van der Waals surface area contributed by atoms with Gasteiger partial charge in [-0.05, 0) is 36.9 Å². The third-order valence-corrected chi connectivity index (χ3v) is 7.97. The number of hydrogen-bond acceptors (Lipinski definition) is 6. The molecule has 0 spiro atoms. The number of ether oxygens (including phenoxy) is 1. The fourth-order valence-electron chi connectivity index (χ4n) is 3.69. The topological polar surface area (TPSA) is 79.2 Å². The van der Waals surface area contributed by atoms with Gasteiger partial charge in [-0.2, -0.15) is 5.26 Å². The van der Waals surface area contributed by atoms with E-state index in [0.29, 0.717) is 18.9 Å². The Labute approximate surface area is 159 Å². The van der Waals surface area contributed by atoms with E-state index in [0.717, 1.165) is 18.2 Å². The molecule has 25 heavy (non-hydrogen) atoms. The molecule has 1 aliphatic carbocycles. The lowest BCUT2D eigenvalue weighted by Gasteiger charge is -2.22. The highest BCUT2D eigenvalue weighted by molar-refractivity contribution is 8.07. The SMILES string of the molecule is CCOC(=O)C1SC(NC(=O)CCC2CCCCC2)C(SC#N)C1C. The summed E-state index contributed by atoms with van der Waals surface area (Å²) >= 11 is 2.57. The summed E-state index contributed by atoms with van der Waals surface area (Å²) in [6, 6.07) is 0. The van der Waals surface area contributed by atoms with Gasteiger partial charge in [0.1, 0.15) is 10.7 Å². The van der Waals surface area contributed by atoms with Crippen LogP contribution in [0, 0.1) is 22.5 Å². The smallest absolute Gasteiger partial charge is 0.319 e. The van der Waals surface area contributed by atoms with Crippen LogP contribution in [0.3, 0.4) is 0 Å². The van der Waals surface area contributed by atoms with Gasteiger partial charge in [0.05, 0.1) is 17.2 Å². The highest BCUT2D eigenvalue weighted by Gasteiger charge is 2.46. The van der Waals surface area contributed by atoms with E-state index in [2.05, 4.69) is 10.7 Å². The van der Waals surface area contributed by atoms with E-state index in [9.17, 15) is 9.59 Å². The first-order valence-corrected chi connectivity index (χ1v) is 11.0. The summed E-state index contributed by atoms with van der Waals surface area (Å²) in [5.41, 5.74) is 0. The molecular formula is C18H28N2O3S2. The molecular weight excluding hydrogens is 356 g/mol. The van der Waals surface area contributed by atoms with Crippen molar-refractivity contribution in [1.29, 1.82) is 5.26 Å². The number of carbonyl (C=O) groups is 2. The number of nitriles is 1. The molecule has 1 amide bonds. The summed E-state index contributed by atoms with van der Waals surface area (Å²) in [4.78, 5) is 24.5. The second kappa shape index (κ2) is 10.3. The minimum atomic E-state index is -0.325. The Morgan fingerprint density at radius 1 is 1.32 bits per heavy atom. The van der Waals surface area contributed by atoms with E-state index in [-0.39, 0.29) is 33.7 Å². The highest BCUT2D eigenvalue weighted by Crippen LogP contribution is 2.44. The molecule has 1 aliphatic heterocycles. The third kappa shape index (κ3) is 5.82. The summed E-state index contributed by atoms with van der Waals surface area (Å²) in [6.45, 7) is 4.09. The fraction of sp³-hybridized carbons (Fsp3) is 0.833. The average Bonchev–Trinajstić information content (AvgIpc) is 2.91. The Hall–Kier alpha value is -0.870. The minimum absolute atomic E-state index is 0.0163. The molecule has 2 aliphatic rings. The fourth-order valence-corrected chi connectivity index (χ4v) is 6.35. The first kappa shape index (κ1) is 20.4. The molecule has 0 aromatic carbocycles. The zero-order chi connectivity index (χ0) is 18.2. The van der Waals surface area contributed by atoms with Crippen LogP contribution in [-0.2, 0) is 14.3 Å². The lowest BCUT2D eigenvalue weighted by atomic mass is 9.86. The Kier molecular flexibility index (Phi) is 8.44. The lowest BCUT2D eigenvalue weighted by molar-refractivity contribution is -0.143. The van der Waals surface area contributed by atoms with Crippen LogP contribution in [0.15, 0.2) is 0 Å². The molecule has 1 N–H and O–H groups in total. The van der Waals surface area contributed by atoms with Crippen LogP contribution in [0.2, 0.25) is 0 Å². The van der Waals surface area contributed by atoms with Crippen LogP contribution >= 0.6 is 23.5 Å². The number of carbonyl (C=O) groups excluding carboxylic acids is 2. The van der Waals surface area contributed by atoms with Crippen molar-refractivity contribution in [2.75, 3.05) is 6.61 Å². The second-order valence-electron chi connectivity index (χ2n) is 6.87. The number of esters is 1. The van der Waals surface area contributed by atoms with E-state index in [1.165, 1.54) is 43.9 Å². The van der Waals surface area contributed by atoms with Crippen LogP contribution in [-0.4, -0.2) is 34.4 Å². The van der Waals surface area contributed by atoms with Gasteiger partial charge in [0, 0.05) is 6.42 Å². The molecule has 7 heteroatoms. The molecule has 0 aromatic heterocycles. The van der Waals surface area contributed by atoms with Gasteiger partial charge in [-0.15, -0.1) is 11.8 Å². The summed E-state index contributed by atoms with van der Waals surface area (Å²) in [6.07, 6.45) is 7.83. The number of thiocyanates is 1. The maximum Gasteiger partial charge on any atom is 0.319 e. The van der Waals surface area contributed by atoms with E-state index in [4.69, 9.17) is 10.00 Å². The molecule has 140 valence electrons. The molecule has 1 saturated carbocycles. The molecule has 1 saturated heterocycles. The maximum absolute atomic E-state index is 12.4. The standard InChI is InChI=1S/C18H28N2O3S2/c1-3-23-18(22)16-12(2)15(24-11-19)17(25-16)20-14(21)10-9-13-7-5-4-6-8-13/h12-13,15-17H,3-10H2,1-2H3,(H,20,21). The predicted molar refractivity (Wildman–Crippen MR) is 102 cm³/mol. The second-order valence-corrected chi connectivity index (χ2v) is 9.12. The van der Waals surface area contributed by atoms with Crippen molar-refractivity contribution in [3.8, 4) is 5.40 Å². The molecule has 0 bridgehead atoms. The van der Waals surface area contributed by atoms with Crippen molar-refractivity contribution in [3.05, 3.63) is 0 Å². The molecule has 4 unspecified atom stereocenters. The van der Waals surface area contributed by atoms with Gasteiger partial charge < -0.3 is 10.1 Å². The molecule has 0 aromatic rings. The number of hydrogen-bond donors (Lipinski definition) is 1. The molecule has 1 heterocycles. The number of rotatable bonds is 7. The van der Waals surface area contributed by atoms with Gasteiger partial charge in [0.25, 0.3) is 0 Å². The molecule has 5 nitrogen and oxygen atoms in total. The minimum Gasteiger partial charge on any atom is -0.465 e. The van der Waals surface area contributed by atoms with Crippen LogP contribution in [0.1, 0.15) is 58.8 Å². The Bertz CT molecular complexity index is 503. The summed E-state index contributed by atoms with van der Waals surface area (Å²) in [7, 11) is 0. The predicted octanol–water partition coefficient (Wildman–Crippen LogP) is 3.69. The zero-order valence-corrected chi connectivity index (χ0v) is 16.7. The third-order valence-electron chi connectivity index (χ3n) is 5.10. The van der Waals surface area contributed by atoms with Crippen LogP contribution in [0.25, 0.3) is 0 Å². The van der Waals surface area contributed by atoms with E-state index in [1.54, 1.807) is 6.92 Å². The molecule has 0 radical (unpaired) electrons. The first-order chi connectivity index (χ1) is 12.1. The Balaban J connectivity index is 1.88. The highest BCUT2D eigenvalue weighted by atomic mass is 32.2. The van der Waals surface area contributed by atoms with Crippen LogP contribution < -0.4 is 5.32 Å². The van der Waals surface area contributed by atoms with Gasteiger partial charge >= 0.3 is 5.97 Å². The molecule has 2 fully saturated rings. The van der Waals surface area contributed by atoms with Crippen LogP contribution in [0.4, 0.5) is 0 Å². The van der Waals surface area contributed by atoms with Crippen molar-refractivity contribution in [3.63, 3.8) is 0 Å². The first-order valence-electron chi connectivity index (χ1n) is 9.23. The maximum atomic E-state index is 12.4. The summed E-state index contributed by atoms with van der Waals surface area (Å²) in [5, 5.41) is 13.6. The van der Waals surface area contributed by atoms with Gasteiger partial charge in [-0.1, -0.05) is 39.0 Å². The van der Waals surface area contributed by atoms with Crippen LogP contribution in [0.5, 0.6) is 0 Å². The van der Waals surface area contributed by atoms with E-state index < -0.39 is 0 Å². The summed E-state index contributed by atoms with van der Waals surface area (Å²) in [5.74, 6) is 0.439. The number of amides is 1. The number of nitrogens with one attached hydrogen (secondary N) is 1. The molecule has 2 rings (SSSR count). The van der Waals surface area contributed by atoms with Gasteiger partial charge in [-0.25, -0.2) is 0 Å².